The van der Waals surface area contributed by atoms with Crippen molar-refractivity contribution < 1.29 is 4.79 Å². The average Bonchev–Trinajstić information content (AvgIpc) is 2.83. The Morgan fingerprint density at radius 3 is 2.84 bits per heavy atom. The van der Waals surface area contributed by atoms with Gasteiger partial charge in [-0.25, -0.2) is 0 Å². The Bertz CT molecular complexity index is 619. The van der Waals surface area contributed by atoms with Gasteiger partial charge in [-0.3, -0.25) is 9.48 Å². The summed E-state index contributed by atoms with van der Waals surface area (Å²) >= 11 is 0. The highest BCUT2D eigenvalue weighted by Gasteiger charge is 2.12. The van der Waals surface area contributed by atoms with Gasteiger partial charge in [0, 0.05) is 31.9 Å². The highest BCUT2D eigenvalue weighted by atomic mass is 16.1. The zero-order chi connectivity index (χ0) is 13.2. The van der Waals surface area contributed by atoms with Crippen LogP contribution in [0.15, 0.2) is 30.6 Å². The van der Waals surface area contributed by atoms with Gasteiger partial charge in [-0.15, -0.1) is 0 Å². The Kier molecular flexibility index (Phi) is 2.83. The van der Waals surface area contributed by atoms with Crippen LogP contribution in [0.1, 0.15) is 10.4 Å². The fraction of sp³-hybridized carbons (Fsp3) is 0.231. The van der Waals surface area contributed by atoms with Gasteiger partial charge in [0.15, 0.2) is 0 Å². The van der Waals surface area contributed by atoms with Crippen LogP contribution in [-0.4, -0.2) is 28.8 Å². The zero-order valence-corrected chi connectivity index (χ0v) is 10.6. The standard InChI is InChI=1S/C13H15N5O/c1-18-8-10(7-16-18)17-13(19)9-2-3-11-12(6-9)15-5-4-14-11/h2-3,6-8,14-15H,4-5H2,1H3,(H,17,19). The lowest BCUT2D eigenvalue weighted by Crippen LogP contribution is -2.21. The largest absolute Gasteiger partial charge is 0.382 e. The molecule has 0 fully saturated rings. The predicted octanol–water partition coefficient (Wildman–Crippen LogP) is 1.51. The maximum atomic E-state index is 12.1. The number of hydrogen-bond donors (Lipinski definition) is 3. The topological polar surface area (TPSA) is 71.0 Å². The average molecular weight is 257 g/mol. The van der Waals surface area contributed by atoms with E-state index in [1.165, 1.54) is 0 Å². The molecule has 0 saturated carbocycles. The van der Waals surface area contributed by atoms with Gasteiger partial charge >= 0.3 is 0 Å². The lowest BCUT2D eigenvalue weighted by atomic mass is 10.1. The summed E-state index contributed by atoms with van der Waals surface area (Å²) in [5.41, 5.74) is 3.31. The second kappa shape index (κ2) is 4.64. The summed E-state index contributed by atoms with van der Waals surface area (Å²) in [6.45, 7) is 1.76. The van der Waals surface area contributed by atoms with Crippen molar-refractivity contribution in [3.8, 4) is 0 Å². The van der Waals surface area contributed by atoms with Gasteiger partial charge in [-0.05, 0) is 18.2 Å². The molecule has 0 bridgehead atoms. The zero-order valence-electron chi connectivity index (χ0n) is 10.6. The number of hydrogen-bond acceptors (Lipinski definition) is 4. The van der Waals surface area contributed by atoms with Gasteiger partial charge in [0.05, 0.1) is 23.3 Å². The van der Waals surface area contributed by atoms with Crippen molar-refractivity contribution in [3.63, 3.8) is 0 Å². The highest BCUT2D eigenvalue weighted by molar-refractivity contribution is 6.05. The first kappa shape index (κ1) is 11.6. The fourth-order valence-corrected chi connectivity index (χ4v) is 2.07. The Morgan fingerprint density at radius 1 is 1.32 bits per heavy atom. The molecule has 0 spiro atoms. The molecule has 0 atom stereocenters. The van der Waals surface area contributed by atoms with Crippen LogP contribution in [-0.2, 0) is 7.05 Å². The maximum absolute atomic E-state index is 12.1. The van der Waals surface area contributed by atoms with Crippen molar-refractivity contribution in [1.82, 2.24) is 9.78 Å². The first-order valence-corrected chi connectivity index (χ1v) is 6.14. The van der Waals surface area contributed by atoms with Crippen LogP contribution in [0.2, 0.25) is 0 Å². The number of amides is 1. The molecule has 1 aromatic carbocycles. The number of nitrogens with one attached hydrogen (secondary N) is 3. The molecule has 3 N–H and O–H groups in total. The second-order valence-corrected chi connectivity index (χ2v) is 4.47. The Morgan fingerprint density at radius 2 is 2.11 bits per heavy atom. The van der Waals surface area contributed by atoms with Crippen molar-refractivity contribution in [2.24, 2.45) is 7.05 Å². The van der Waals surface area contributed by atoms with E-state index in [0.29, 0.717) is 11.3 Å². The molecule has 0 aliphatic carbocycles. The third kappa shape index (κ3) is 2.37. The first-order chi connectivity index (χ1) is 9.22. The number of carbonyl (C=O) groups is 1. The van der Waals surface area contributed by atoms with E-state index in [1.807, 2.05) is 25.2 Å². The van der Waals surface area contributed by atoms with Gasteiger partial charge in [0.2, 0.25) is 0 Å². The van der Waals surface area contributed by atoms with Crippen LogP contribution >= 0.6 is 0 Å². The summed E-state index contributed by atoms with van der Waals surface area (Å²) in [6.07, 6.45) is 3.38. The number of anilines is 3. The molecule has 0 saturated heterocycles. The molecule has 0 radical (unpaired) electrons. The van der Waals surface area contributed by atoms with Crippen LogP contribution in [0.3, 0.4) is 0 Å². The van der Waals surface area contributed by atoms with Gasteiger partial charge in [-0.2, -0.15) is 5.10 Å². The molecule has 6 heteroatoms. The normalized spacial score (nSPS) is 13.1. The fourth-order valence-electron chi connectivity index (χ4n) is 2.07. The molecule has 19 heavy (non-hydrogen) atoms. The van der Waals surface area contributed by atoms with Gasteiger partial charge < -0.3 is 16.0 Å². The molecule has 2 aromatic rings. The SMILES string of the molecule is Cn1cc(NC(=O)c2ccc3c(c2)NCCN3)cn1. The number of benzene rings is 1. The number of carbonyl (C=O) groups excluding carboxylic acids is 1. The molecule has 1 aromatic heterocycles. The molecule has 1 aliphatic rings. The highest BCUT2D eigenvalue weighted by Crippen LogP contribution is 2.25. The molecule has 1 amide bonds. The van der Waals surface area contributed by atoms with Crippen LogP contribution < -0.4 is 16.0 Å². The van der Waals surface area contributed by atoms with E-state index in [9.17, 15) is 4.79 Å². The van der Waals surface area contributed by atoms with E-state index in [4.69, 9.17) is 0 Å². The summed E-state index contributed by atoms with van der Waals surface area (Å²) < 4.78 is 1.65. The molecule has 6 nitrogen and oxygen atoms in total. The molecular weight excluding hydrogens is 242 g/mol. The Balaban J connectivity index is 1.80. The third-order valence-corrected chi connectivity index (χ3v) is 3.00. The van der Waals surface area contributed by atoms with E-state index in [2.05, 4.69) is 21.0 Å². The molecule has 1 aliphatic heterocycles. The molecule has 98 valence electrons. The van der Waals surface area contributed by atoms with Crippen LogP contribution in [0.5, 0.6) is 0 Å². The van der Waals surface area contributed by atoms with E-state index in [-0.39, 0.29) is 5.91 Å². The first-order valence-electron chi connectivity index (χ1n) is 6.14. The molecule has 3 rings (SSSR count). The summed E-state index contributed by atoms with van der Waals surface area (Å²) in [7, 11) is 1.81. The smallest absolute Gasteiger partial charge is 0.255 e. The second-order valence-electron chi connectivity index (χ2n) is 4.47. The Hall–Kier alpha value is -2.50. The third-order valence-electron chi connectivity index (χ3n) is 3.00. The molecule has 0 unspecified atom stereocenters. The van der Waals surface area contributed by atoms with Crippen LogP contribution in [0.4, 0.5) is 17.1 Å². The van der Waals surface area contributed by atoms with Gasteiger partial charge in [0.1, 0.15) is 0 Å². The summed E-state index contributed by atoms with van der Waals surface area (Å²) in [5.74, 6) is -0.136. The van der Waals surface area contributed by atoms with E-state index < -0.39 is 0 Å². The van der Waals surface area contributed by atoms with Crippen molar-refractivity contribution in [3.05, 3.63) is 36.2 Å². The maximum Gasteiger partial charge on any atom is 0.255 e. The van der Waals surface area contributed by atoms with Gasteiger partial charge in [-0.1, -0.05) is 0 Å². The van der Waals surface area contributed by atoms with E-state index >= 15 is 0 Å². The summed E-state index contributed by atoms with van der Waals surface area (Å²) in [5, 5.41) is 13.4. The summed E-state index contributed by atoms with van der Waals surface area (Å²) in [6, 6.07) is 5.58. The minimum absolute atomic E-state index is 0.136. The van der Waals surface area contributed by atoms with Crippen molar-refractivity contribution >= 4 is 23.0 Å². The predicted molar refractivity (Wildman–Crippen MR) is 74.6 cm³/mol. The number of fused-ring (bicyclic) bond motifs is 1. The van der Waals surface area contributed by atoms with Crippen molar-refractivity contribution in [2.45, 2.75) is 0 Å². The minimum atomic E-state index is -0.136. The van der Waals surface area contributed by atoms with Crippen LogP contribution in [0, 0.1) is 0 Å². The van der Waals surface area contributed by atoms with Crippen molar-refractivity contribution in [2.75, 3.05) is 29.0 Å². The molecular formula is C13H15N5O. The van der Waals surface area contributed by atoms with Gasteiger partial charge in [0.25, 0.3) is 5.91 Å². The van der Waals surface area contributed by atoms with E-state index in [0.717, 1.165) is 24.5 Å². The quantitative estimate of drug-likeness (QED) is 0.762. The monoisotopic (exact) mass is 257 g/mol. The minimum Gasteiger partial charge on any atom is -0.382 e. The summed E-state index contributed by atoms with van der Waals surface area (Å²) in [4.78, 5) is 12.1. The number of aryl methyl sites for hydroxylation is 1. The lowest BCUT2D eigenvalue weighted by Gasteiger charge is -2.20. The molecule has 2 heterocycles. The van der Waals surface area contributed by atoms with Crippen LogP contribution in [0.25, 0.3) is 0 Å². The van der Waals surface area contributed by atoms with E-state index in [1.54, 1.807) is 17.1 Å². The number of nitrogens with zero attached hydrogens (tertiary/aromatic N) is 2. The number of rotatable bonds is 2. The lowest BCUT2D eigenvalue weighted by molar-refractivity contribution is 0.102. The van der Waals surface area contributed by atoms with Crippen molar-refractivity contribution in [1.29, 1.82) is 0 Å². The number of aromatic nitrogens is 2. The Labute approximate surface area is 110 Å².